The Bertz CT molecular complexity index is 981. The number of Topliss-reactive ketones (excluding diaryl/α,β-unsaturated/α-hetero) is 1. The average molecular weight is 413 g/mol. The van der Waals surface area contributed by atoms with Gasteiger partial charge < -0.3 is 29.3 Å². The van der Waals surface area contributed by atoms with Gasteiger partial charge in [-0.3, -0.25) is 9.59 Å². The van der Waals surface area contributed by atoms with Crippen molar-refractivity contribution in [3.8, 4) is 17.2 Å². The first-order valence-corrected chi connectivity index (χ1v) is 9.22. The molecule has 8 heteroatoms. The summed E-state index contributed by atoms with van der Waals surface area (Å²) in [6.07, 6.45) is 0. The number of likely N-dealkylation sites (tertiary alicyclic amines) is 1. The topological polar surface area (TPSA) is 106 Å². The third-order valence-electron chi connectivity index (χ3n) is 4.97. The Morgan fingerprint density at radius 1 is 0.967 bits per heavy atom. The van der Waals surface area contributed by atoms with Crippen LogP contribution < -0.4 is 14.2 Å². The third-order valence-corrected chi connectivity index (χ3v) is 4.97. The van der Waals surface area contributed by atoms with Gasteiger partial charge in [0, 0.05) is 12.1 Å². The second-order valence-corrected chi connectivity index (χ2v) is 6.56. The van der Waals surface area contributed by atoms with Crippen molar-refractivity contribution in [2.45, 2.75) is 6.04 Å². The number of ketones is 1. The van der Waals surface area contributed by atoms with E-state index in [0.29, 0.717) is 28.4 Å². The number of ether oxygens (including phenoxy) is 3. The zero-order chi connectivity index (χ0) is 21.8. The van der Waals surface area contributed by atoms with Gasteiger partial charge in [-0.05, 0) is 35.9 Å². The van der Waals surface area contributed by atoms with Gasteiger partial charge in [0.15, 0.2) is 11.5 Å². The normalized spacial score (nSPS) is 17.9. The third kappa shape index (κ3) is 3.69. The summed E-state index contributed by atoms with van der Waals surface area (Å²) in [6.45, 7) is -0.375. The summed E-state index contributed by atoms with van der Waals surface area (Å²) in [5.41, 5.74) is 0.837. The Labute approximate surface area is 173 Å². The zero-order valence-electron chi connectivity index (χ0n) is 16.9. The molecule has 1 amide bonds. The zero-order valence-corrected chi connectivity index (χ0v) is 16.9. The van der Waals surface area contributed by atoms with Crippen molar-refractivity contribution in [3.05, 3.63) is 59.2 Å². The van der Waals surface area contributed by atoms with Crippen LogP contribution in [0.4, 0.5) is 0 Å². The molecule has 0 radical (unpaired) electrons. The highest BCUT2D eigenvalue weighted by Crippen LogP contribution is 2.40. The van der Waals surface area contributed by atoms with Crippen molar-refractivity contribution in [2.75, 3.05) is 34.5 Å². The van der Waals surface area contributed by atoms with Crippen LogP contribution in [0.1, 0.15) is 17.2 Å². The Kier molecular flexibility index (Phi) is 6.27. The second-order valence-electron chi connectivity index (χ2n) is 6.56. The number of carbonyl (C=O) groups is 2. The predicted octanol–water partition coefficient (Wildman–Crippen LogP) is 2.13. The highest BCUT2D eigenvalue weighted by molar-refractivity contribution is 6.46. The molecule has 0 bridgehead atoms. The first-order valence-electron chi connectivity index (χ1n) is 9.22. The summed E-state index contributed by atoms with van der Waals surface area (Å²) in [5, 5.41) is 20.4. The van der Waals surface area contributed by atoms with Gasteiger partial charge in [-0.15, -0.1) is 0 Å². The molecule has 1 fully saturated rings. The van der Waals surface area contributed by atoms with Crippen LogP contribution in [0.15, 0.2) is 48.0 Å². The number of aliphatic hydroxyl groups excluding tert-OH is 2. The van der Waals surface area contributed by atoms with Gasteiger partial charge in [0.1, 0.15) is 11.5 Å². The quantitative estimate of drug-likeness (QED) is 0.407. The largest absolute Gasteiger partial charge is 0.507 e. The summed E-state index contributed by atoms with van der Waals surface area (Å²) < 4.78 is 15.6. The average Bonchev–Trinajstić information content (AvgIpc) is 3.03. The summed E-state index contributed by atoms with van der Waals surface area (Å²) in [7, 11) is 4.48. The maximum atomic E-state index is 12.8. The molecule has 1 aliphatic heterocycles. The molecule has 1 unspecified atom stereocenters. The fourth-order valence-corrected chi connectivity index (χ4v) is 3.49. The Balaban J connectivity index is 2.17. The van der Waals surface area contributed by atoms with E-state index < -0.39 is 17.7 Å². The van der Waals surface area contributed by atoms with Gasteiger partial charge in [0.25, 0.3) is 11.7 Å². The van der Waals surface area contributed by atoms with Crippen LogP contribution >= 0.6 is 0 Å². The van der Waals surface area contributed by atoms with E-state index in [1.165, 1.54) is 32.3 Å². The smallest absolute Gasteiger partial charge is 0.295 e. The summed E-state index contributed by atoms with van der Waals surface area (Å²) in [6, 6.07) is 10.7. The SMILES string of the molecule is COc1ccc(C2/C(=C(/O)c3ccc(OC)c(OC)c3)C(=O)C(=O)N2CCO)cc1. The van der Waals surface area contributed by atoms with Gasteiger partial charge in [0.2, 0.25) is 0 Å². The van der Waals surface area contributed by atoms with Crippen LogP contribution in [-0.2, 0) is 9.59 Å². The molecule has 1 heterocycles. The van der Waals surface area contributed by atoms with E-state index in [1.807, 2.05) is 0 Å². The van der Waals surface area contributed by atoms with E-state index in [2.05, 4.69) is 0 Å². The summed E-state index contributed by atoms with van der Waals surface area (Å²) >= 11 is 0. The Hall–Kier alpha value is -3.52. The molecule has 0 aromatic heterocycles. The van der Waals surface area contributed by atoms with Crippen LogP contribution in [0.2, 0.25) is 0 Å². The highest BCUT2D eigenvalue weighted by atomic mass is 16.5. The first kappa shape index (κ1) is 21.2. The number of nitrogens with zero attached hydrogens (tertiary/aromatic N) is 1. The standard InChI is InChI=1S/C22H23NO7/c1-28-15-7-4-13(5-8-15)19-18(21(26)22(27)23(19)10-11-24)20(25)14-6-9-16(29-2)17(12-14)30-3/h4-9,12,19,24-25H,10-11H2,1-3H3/b20-18-. The molecule has 0 aliphatic carbocycles. The molecule has 3 rings (SSSR count). The number of benzene rings is 2. The summed E-state index contributed by atoms with van der Waals surface area (Å²) in [5.74, 6) is -0.509. The van der Waals surface area contributed by atoms with Crippen LogP contribution in [0.3, 0.4) is 0 Å². The van der Waals surface area contributed by atoms with Gasteiger partial charge >= 0.3 is 0 Å². The van der Waals surface area contributed by atoms with E-state index in [0.717, 1.165) is 0 Å². The van der Waals surface area contributed by atoms with Crippen LogP contribution in [0, 0.1) is 0 Å². The van der Waals surface area contributed by atoms with Gasteiger partial charge in [-0.1, -0.05) is 12.1 Å². The number of hydrogen-bond donors (Lipinski definition) is 2. The molecule has 2 aromatic carbocycles. The molecule has 2 aromatic rings. The number of hydrogen-bond acceptors (Lipinski definition) is 7. The number of aliphatic hydroxyl groups is 2. The maximum Gasteiger partial charge on any atom is 0.295 e. The van der Waals surface area contributed by atoms with E-state index >= 15 is 0 Å². The van der Waals surface area contributed by atoms with E-state index in [1.54, 1.807) is 36.4 Å². The number of rotatable bonds is 7. The maximum absolute atomic E-state index is 12.8. The summed E-state index contributed by atoms with van der Waals surface area (Å²) in [4.78, 5) is 26.7. The molecule has 1 saturated heterocycles. The predicted molar refractivity (Wildman–Crippen MR) is 109 cm³/mol. The minimum absolute atomic E-state index is 0.0516. The van der Waals surface area contributed by atoms with Crippen molar-refractivity contribution in [1.29, 1.82) is 0 Å². The van der Waals surface area contributed by atoms with Crippen LogP contribution in [0.5, 0.6) is 17.2 Å². The minimum Gasteiger partial charge on any atom is -0.507 e. The minimum atomic E-state index is -0.851. The molecular formula is C22H23NO7. The fraction of sp³-hybridized carbons (Fsp3) is 0.273. The highest BCUT2D eigenvalue weighted by Gasteiger charge is 2.45. The lowest BCUT2D eigenvalue weighted by atomic mass is 9.95. The van der Waals surface area contributed by atoms with Crippen molar-refractivity contribution < 1.29 is 34.0 Å². The van der Waals surface area contributed by atoms with Crippen molar-refractivity contribution >= 4 is 17.4 Å². The monoisotopic (exact) mass is 413 g/mol. The molecule has 2 N–H and O–H groups in total. The first-order chi connectivity index (χ1) is 14.5. The van der Waals surface area contributed by atoms with Gasteiger partial charge in [-0.25, -0.2) is 0 Å². The lowest BCUT2D eigenvalue weighted by molar-refractivity contribution is -0.140. The number of β-amino-alcohol motifs (C(OH)–C–C–N with tert-alkyl or cyclic N) is 1. The number of carbonyl (C=O) groups excluding carboxylic acids is 2. The van der Waals surface area contributed by atoms with Crippen LogP contribution in [-0.4, -0.2) is 61.3 Å². The molecule has 0 saturated carbocycles. The lowest BCUT2D eigenvalue weighted by Crippen LogP contribution is -2.32. The molecule has 1 atom stereocenters. The van der Waals surface area contributed by atoms with Gasteiger partial charge in [0.05, 0.1) is 39.6 Å². The fourth-order valence-electron chi connectivity index (χ4n) is 3.49. The Morgan fingerprint density at radius 3 is 2.20 bits per heavy atom. The second kappa shape index (κ2) is 8.87. The van der Waals surface area contributed by atoms with Gasteiger partial charge in [-0.2, -0.15) is 0 Å². The van der Waals surface area contributed by atoms with Crippen LogP contribution in [0.25, 0.3) is 5.76 Å². The van der Waals surface area contributed by atoms with E-state index in [9.17, 15) is 19.8 Å². The number of amides is 1. The van der Waals surface area contributed by atoms with Crippen molar-refractivity contribution in [1.82, 2.24) is 4.90 Å². The molecule has 0 spiro atoms. The molecule has 158 valence electrons. The van der Waals surface area contributed by atoms with Crippen molar-refractivity contribution in [3.63, 3.8) is 0 Å². The molecule has 8 nitrogen and oxygen atoms in total. The molecule has 1 aliphatic rings. The molecular weight excluding hydrogens is 390 g/mol. The van der Waals surface area contributed by atoms with Crippen molar-refractivity contribution in [2.24, 2.45) is 0 Å². The Morgan fingerprint density at radius 2 is 1.63 bits per heavy atom. The number of methoxy groups -OCH3 is 3. The lowest BCUT2D eigenvalue weighted by Gasteiger charge is -2.24. The van der Waals surface area contributed by atoms with E-state index in [-0.39, 0.29) is 24.5 Å². The van der Waals surface area contributed by atoms with E-state index in [4.69, 9.17) is 14.2 Å². The molecule has 30 heavy (non-hydrogen) atoms.